The Balaban J connectivity index is 2.85. The van der Waals surface area contributed by atoms with Gasteiger partial charge in [-0.15, -0.1) is 0 Å². The van der Waals surface area contributed by atoms with E-state index < -0.39 is 0 Å². The number of methoxy groups -OCH3 is 1. The number of aromatic nitrogens is 1. The first-order chi connectivity index (χ1) is 8.83. The van der Waals surface area contributed by atoms with Gasteiger partial charge in [-0.3, -0.25) is 0 Å². The molecule has 0 atom stereocenters. The van der Waals surface area contributed by atoms with Crippen LogP contribution in [0.3, 0.4) is 0 Å². The summed E-state index contributed by atoms with van der Waals surface area (Å²) in [5.74, 6) is 0.477. The van der Waals surface area contributed by atoms with E-state index in [9.17, 15) is 4.39 Å². The molecule has 0 aliphatic heterocycles. The maximum Gasteiger partial charge on any atom is 0.141 e. The van der Waals surface area contributed by atoms with Gasteiger partial charge in [0.2, 0.25) is 0 Å². The Morgan fingerprint density at radius 2 is 2.11 bits per heavy atom. The molecule has 1 N–H and O–H groups in total. The number of nitrogens with zero attached hydrogens (tertiary/aromatic N) is 2. The molecular formula is C14H24FN3O. The van der Waals surface area contributed by atoms with Crippen LogP contribution >= 0.6 is 0 Å². The first-order valence-electron chi connectivity index (χ1n) is 6.43. The lowest BCUT2D eigenvalue weighted by Gasteiger charge is -2.24. The zero-order valence-electron chi connectivity index (χ0n) is 12.5. The number of pyridine rings is 1. The van der Waals surface area contributed by atoms with Crippen molar-refractivity contribution >= 4 is 5.82 Å². The fourth-order valence-electron chi connectivity index (χ4n) is 1.64. The highest BCUT2D eigenvalue weighted by atomic mass is 19.1. The average Bonchev–Trinajstić information content (AvgIpc) is 2.32. The van der Waals surface area contributed by atoms with Crippen LogP contribution < -0.4 is 10.2 Å². The molecule has 0 bridgehead atoms. The minimum absolute atomic E-state index is 0.0192. The van der Waals surface area contributed by atoms with Gasteiger partial charge in [0.25, 0.3) is 0 Å². The molecule has 0 saturated carbocycles. The molecule has 0 fully saturated rings. The molecule has 1 aromatic heterocycles. The lowest BCUT2D eigenvalue weighted by atomic mass is 10.1. The van der Waals surface area contributed by atoms with Crippen molar-refractivity contribution in [2.24, 2.45) is 0 Å². The topological polar surface area (TPSA) is 37.4 Å². The van der Waals surface area contributed by atoms with E-state index in [0.29, 0.717) is 13.2 Å². The molecule has 0 saturated heterocycles. The molecule has 0 aromatic carbocycles. The van der Waals surface area contributed by atoms with E-state index in [1.807, 2.05) is 11.9 Å². The number of likely N-dealkylation sites (N-methyl/N-ethyl adjacent to an activating group) is 1. The Morgan fingerprint density at radius 3 is 2.68 bits per heavy atom. The minimum atomic E-state index is -0.311. The summed E-state index contributed by atoms with van der Waals surface area (Å²) in [7, 11) is 3.59. The Hall–Kier alpha value is -1.20. The standard InChI is InChI=1S/C14H24FN3O/c1-14(2,3)17-9-11-8-12(15)10-16-13(11)18(4)6-7-19-5/h8,10,17H,6-7,9H2,1-5H3. The third-order valence-electron chi connectivity index (χ3n) is 2.71. The molecule has 0 aliphatic carbocycles. The summed E-state index contributed by atoms with van der Waals surface area (Å²) >= 11 is 0. The number of rotatable bonds is 6. The Bertz CT molecular complexity index is 404. The largest absolute Gasteiger partial charge is 0.383 e. The van der Waals surface area contributed by atoms with E-state index >= 15 is 0 Å². The van der Waals surface area contributed by atoms with Crippen LogP contribution in [0.4, 0.5) is 10.2 Å². The molecule has 108 valence electrons. The normalized spacial score (nSPS) is 11.7. The molecule has 0 amide bonds. The number of hydrogen-bond donors (Lipinski definition) is 1. The SMILES string of the molecule is COCCN(C)c1ncc(F)cc1CNC(C)(C)C. The second-order valence-electron chi connectivity index (χ2n) is 5.65. The summed E-state index contributed by atoms with van der Waals surface area (Å²) in [5.41, 5.74) is 0.836. The Kier molecular flexibility index (Phi) is 5.69. The monoisotopic (exact) mass is 269 g/mol. The molecule has 1 aromatic rings. The van der Waals surface area contributed by atoms with E-state index in [4.69, 9.17) is 4.74 Å². The molecule has 0 spiro atoms. The zero-order chi connectivity index (χ0) is 14.5. The van der Waals surface area contributed by atoms with Crippen molar-refractivity contribution in [1.82, 2.24) is 10.3 Å². The Morgan fingerprint density at radius 1 is 1.42 bits per heavy atom. The van der Waals surface area contributed by atoms with Crippen molar-refractivity contribution in [2.75, 3.05) is 32.2 Å². The predicted molar refractivity (Wildman–Crippen MR) is 75.9 cm³/mol. The van der Waals surface area contributed by atoms with Crippen LogP contribution in [-0.4, -0.2) is 37.8 Å². The van der Waals surface area contributed by atoms with Crippen LogP contribution in [-0.2, 0) is 11.3 Å². The highest BCUT2D eigenvalue weighted by Gasteiger charge is 2.14. The first kappa shape index (κ1) is 15.9. The lowest BCUT2D eigenvalue weighted by Crippen LogP contribution is -2.36. The van der Waals surface area contributed by atoms with E-state index in [0.717, 1.165) is 17.9 Å². The van der Waals surface area contributed by atoms with Gasteiger partial charge >= 0.3 is 0 Å². The highest BCUT2D eigenvalue weighted by Crippen LogP contribution is 2.18. The molecule has 1 heterocycles. The van der Waals surface area contributed by atoms with E-state index in [1.165, 1.54) is 12.3 Å². The molecule has 5 heteroatoms. The van der Waals surface area contributed by atoms with Crippen molar-refractivity contribution in [2.45, 2.75) is 32.9 Å². The quantitative estimate of drug-likeness (QED) is 0.859. The Labute approximate surface area is 115 Å². The van der Waals surface area contributed by atoms with Crippen molar-refractivity contribution < 1.29 is 9.13 Å². The number of halogens is 1. The predicted octanol–water partition coefficient (Wildman–Crippen LogP) is 2.19. The van der Waals surface area contributed by atoms with Gasteiger partial charge in [-0.2, -0.15) is 0 Å². The molecule has 1 rings (SSSR count). The summed E-state index contributed by atoms with van der Waals surface area (Å²) in [6.07, 6.45) is 1.25. The zero-order valence-corrected chi connectivity index (χ0v) is 12.5. The average molecular weight is 269 g/mol. The molecular weight excluding hydrogens is 245 g/mol. The summed E-state index contributed by atoms with van der Waals surface area (Å²) in [5, 5.41) is 3.35. The molecule has 0 radical (unpaired) electrons. The van der Waals surface area contributed by atoms with Crippen LogP contribution in [0.1, 0.15) is 26.3 Å². The molecule has 0 unspecified atom stereocenters. The second-order valence-corrected chi connectivity index (χ2v) is 5.65. The van der Waals surface area contributed by atoms with Crippen molar-refractivity contribution in [3.05, 3.63) is 23.6 Å². The maximum atomic E-state index is 13.3. The molecule has 4 nitrogen and oxygen atoms in total. The maximum absolute atomic E-state index is 13.3. The van der Waals surface area contributed by atoms with Gasteiger partial charge in [0.1, 0.15) is 11.6 Å². The van der Waals surface area contributed by atoms with Gasteiger partial charge in [-0.25, -0.2) is 9.37 Å². The highest BCUT2D eigenvalue weighted by molar-refractivity contribution is 5.46. The first-order valence-corrected chi connectivity index (χ1v) is 6.43. The third-order valence-corrected chi connectivity index (χ3v) is 2.71. The third kappa shape index (κ3) is 5.53. The summed E-state index contributed by atoms with van der Waals surface area (Å²) in [4.78, 5) is 6.16. The van der Waals surface area contributed by atoms with E-state index in [-0.39, 0.29) is 11.4 Å². The summed E-state index contributed by atoms with van der Waals surface area (Å²) in [6.45, 7) is 8.15. The number of ether oxygens (including phenoxy) is 1. The number of hydrogen-bond acceptors (Lipinski definition) is 4. The lowest BCUT2D eigenvalue weighted by molar-refractivity contribution is 0.206. The van der Waals surface area contributed by atoms with Gasteiger partial charge in [-0.1, -0.05) is 0 Å². The van der Waals surface area contributed by atoms with Crippen molar-refractivity contribution in [3.63, 3.8) is 0 Å². The summed E-state index contributed by atoms with van der Waals surface area (Å²) in [6, 6.07) is 1.53. The van der Waals surface area contributed by atoms with Crippen LogP contribution in [0, 0.1) is 5.82 Å². The molecule has 0 aliphatic rings. The van der Waals surface area contributed by atoms with E-state index in [1.54, 1.807) is 7.11 Å². The van der Waals surface area contributed by atoms with Crippen molar-refractivity contribution in [3.8, 4) is 0 Å². The fourth-order valence-corrected chi connectivity index (χ4v) is 1.64. The minimum Gasteiger partial charge on any atom is -0.383 e. The van der Waals surface area contributed by atoms with Crippen LogP contribution in [0.2, 0.25) is 0 Å². The van der Waals surface area contributed by atoms with Gasteiger partial charge in [0.05, 0.1) is 12.8 Å². The number of nitrogens with one attached hydrogen (secondary N) is 1. The second kappa shape index (κ2) is 6.82. The van der Waals surface area contributed by atoms with E-state index in [2.05, 4.69) is 31.1 Å². The van der Waals surface area contributed by atoms with Gasteiger partial charge in [-0.05, 0) is 26.8 Å². The number of anilines is 1. The van der Waals surface area contributed by atoms with Crippen LogP contribution in [0.15, 0.2) is 12.3 Å². The van der Waals surface area contributed by atoms with Gasteiger partial charge in [0, 0.05) is 38.3 Å². The summed E-state index contributed by atoms with van der Waals surface area (Å²) < 4.78 is 18.4. The van der Waals surface area contributed by atoms with Gasteiger partial charge in [0.15, 0.2) is 0 Å². The fraction of sp³-hybridized carbons (Fsp3) is 0.643. The smallest absolute Gasteiger partial charge is 0.141 e. The van der Waals surface area contributed by atoms with Crippen LogP contribution in [0.5, 0.6) is 0 Å². The van der Waals surface area contributed by atoms with Gasteiger partial charge < -0.3 is 15.0 Å². The van der Waals surface area contributed by atoms with Crippen LogP contribution in [0.25, 0.3) is 0 Å². The molecule has 19 heavy (non-hydrogen) atoms. The van der Waals surface area contributed by atoms with Crippen molar-refractivity contribution in [1.29, 1.82) is 0 Å².